The second-order valence-electron chi connectivity index (χ2n) is 10.7. The maximum Gasteiger partial charge on any atom is 0.270 e. The Kier molecular flexibility index (Phi) is 6.11. The van der Waals surface area contributed by atoms with Crippen molar-refractivity contribution in [2.45, 2.75) is 44.9 Å². The first-order chi connectivity index (χ1) is 17.1. The molecular formula is C30H36N4O. The normalized spacial score (nSPS) is 20.1. The summed E-state index contributed by atoms with van der Waals surface area (Å²) >= 11 is 0. The van der Waals surface area contributed by atoms with E-state index in [1.165, 1.54) is 60.8 Å². The number of carbonyl (C=O) groups excluding carboxylic acids is 1. The topological polar surface area (TPSA) is 55.1 Å². The monoisotopic (exact) mass is 468 g/mol. The molecule has 0 spiro atoms. The van der Waals surface area contributed by atoms with Crippen molar-refractivity contribution >= 4 is 27.7 Å². The Morgan fingerprint density at radius 2 is 1.86 bits per heavy atom. The Labute approximate surface area is 207 Å². The van der Waals surface area contributed by atoms with Gasteiger partial charge in [-0.15, -0.1) is 0 Å². The molecule has 2 fully saturated rings. The highest BCUT2D eigenvalue weighted by Gasteiger charge is 2.27. The highest BCUT2D eigenvalue weighted by Crippen LogP contribution is 2.33. The van der Waals surface area contributed by atoms with E-state index < -0.39 is 0 Å². The molecule has 182 valence electrons. The third-order valence-corrected chi connectivity index (χ3v) is 8.32. The van der Waals surface area contributed by atoms with Gasteiger partial charge in [0.05, 0.1) is 0 Å². The van der Waals surface area contributed by atoms with Crippen molar-refractivity contribution in [3.05, 3.63) is 71.5 Å². The summed E-state index contributed by atoms with van der Waals surface area (Å²) in [6.45, 7) is 7.35. The van der Waals surface area contributed by atoms with E-state index in [4.69, 9.17) is 0 Å². The number of aryl methyl sites for hydroxylation is 1. The predicted molar refractivity (Wildman–Crippen MR) is 143 cm³/mol. The molecule has 2 aromatic heterocycles. The highest BCUT2D eigenvalue weighted by molar-refractivity contribution is 5.98. The number of carbonyl (C=O) groups is 1. The Balaban J connectivity index is 1.01. The third-order valence-electron chi connectivity index (χ3n) is 8.32. The molecule has 5 heteroatoms. The van der Waals surface area contributed by atoms with Crippen LogP contribution in [0.15, 0.2) is 54.7 Å². The van der Waals surface area contributed by atoms with E-state index in [0.717, 1.165) is 42.7 Å². The van der Waals surface area contributed by atoms with Gasteiger partial charge >= 0.3 is 0 Å². The van der Waals surface area contributed by atoms with Crippen LogP contribution < -0.4 is 0 Å². The van der Waals surface area contributed by atoms with Gasteiger partial charge in [0, 0.05) is 41.1 Å². The summed E-state index contributed by atoms with van der Waals surface area (Å²) in [7, 11) is 0. The number of benzene rings is 2. The lowest BCUT2D eigenvalue weighted by Crippen LogP contribution is -2.41. The number of hydrogen-bond acceptors (Lipinski definition) is 2. The smallest absolute Gasteiger partial charge is 0.270 e. The molecule has 1 unspecified atom stereocenters. The van der Waals surface area contributed by atoms with Gasteiger partial charge in [0.15, 0.2) is 0 Å². The minimum absolute atomic E-state index is 0.156. The minimum atomic E-state index is 0.156. The lowest BCUT2D eigenvalue weighted by molar-refractivity contribution is 0.0651. The number of nitrogens with one attached hydrogen (secondary N) is 2. The quantitative estimate of drug-likeness (QED) is 0.373. The van der Waals surface area contributed by atoms with E-state index in [2.05, 4.69) is 75.4 Å². The summed E-state index contributed by atoms with van der Waals surface area (Å²) in [4.78, 5) is 24.8. The number of para-hydroxylation sites is 1. The Hall–Kier alpha value is -3.05. The molecule has 0 radical (unpaired) electrons. The number of H-pyrrole nitrogens is 2. The molecule has 0 aliphatic carbocycles. The summed E-state index contributed by atoms with van der Waals surface area (Å²) in [5.41, 5.74) is 5.74. The molecule has 35 heavy (non-hydrogen) atoms. The average Bonchev–Trinajstić information content (AvgIpc) is 3.52. The number of aromatic amines is 2. The number of nitrogens with zero attached hydrogens (tertiary/aromatic N) is 2. The van der Waals surface area contributed by atoms with Crippen molar-refractivity contribution in [1.29, 1.82) is 0 Å². The van der Waals surface area contributed by atoms with Crippen molar-refractivity contribution < 1.29 is 4.79 Å². The van der Waals surface area contributed by atoms with E-state index in [1.807, 2.05) is 6.07 Å². The van der Waals surface area contributed by atoms with Crippen molar-refractivity contribution in [3.63, 3.8) is 0 Å². The summed E-state index contributed by atoms with van der Waals surface area (Å²) in [5.74, 6) is 1.42. The predicted octanol–water partition coefficient (Wildman–Crippen LogP) is 6.08. The fourth-order valence-corrected chi connectivity index (χ4v) is 6.28. The van der Waals surface area contributed by atoms with Crippen LogP contribution in [0.2, 0.25) is 0 Å². The van der Waals surface area contributed by atoms with Crippen molar-refractivity contribution in [2.75, 3.05) is 32.7 Å². The zero-order valence-corrected chi connectivity index (χ0v) is 20.7. The number of likely N-dealkylation sites (tertiary alicyclic amines) is 2. The first kappa shape index (κ1) is 22.4. The molecule has 2 aromatic carbocycles. The van der Waals surface area contributed by atoms with Gasteiger partial charge in [-0.2, -0.15) is 0 Å². The SMILES string of the molecule is Cc1ccc2cc(C(=O)N3CCCC(CCN4CCC(c5c[nH]c6ccccc56)CC4)C3)[nH]c2c1. The van der Waals surface area contributed by atoms with Crippen LogP contribution in [0.4, 0.5) is 0 Å². The van der Waals surface area contributed by atoms with Gasteiger partial charge in [0.2, 0.25) is 0 Å². The Morgan fingerprint density at radius 1 is 1.00 bits per heavy atom. The van der Waals surface area contributed by atoms with Crippen LogP contribution in [0.3, 0.4) is 0 Å². The molecule has 2 aliphatic heterocycles. The van der Waals surface area contributed by atoms with Crippen LogP contribution in [-0.4, -0.2) is 58.4 Å². The van der Waals surface area contributed by atoms with Crippen LogP contribution >= 0.6 is 0 Å². The first-order valence-electron chi connectivity index (χ1n) is 13.3. The lowest BCUT2D eigenvalue weighted by atomic mass is 9.88. The maximum absolute atomic E-state index is 13.2. The van der Waals surface area contributed by atoms with Gasteiger partial charge in [-0.25, -0.2) is 0 Å². The maximum atomic E-state index is 13.2. The molecule has 6 rings (SSSR count). The van der Waals surface area contributed by atoms with Crippen molar-refractivity contribution in [2.24, 2.45) is 5.92 Å². The van der Waals surface area contributed by atoms with E-state index in [9.17, 15) is 4.79 Å². The number of fused-ring (bicyclic) bond motifs is 2. The number of amides is 1. The fourth-order valence-electron chi connectivity index (χ4n) is 6.28. The van der Waals surface area contributed by atoms with Gasteiger partial charge in [0.1, 0.15) is 5.69 Å². The van der Waals surface area contributed by atoms with Crippen LogP contribution in [0, 0.1) is 12.8 Å². The fraction of sp³-hybridized carbons (Fsp3) is 0.433. The van der Waals surface area contributed by atoms with Crippen LogP contribution in [-0.2, 0) is 0 Å². The zero-order valence-electron chi connectivity index (χ0n) is 20.7. The van der Waals surface area contributed by atoms with Crippen molar-refractivity contribution in [1.82, 2.24) is 19.8 Å². The highest BCUT2D eigenvalue weighted by atomic mass is 16.2. The molecule has 2 aliphatic rings. The molecule has 1 atom stereocenters. The molecule has 4 aromatic rings. The van der Waals surface area contributed by atoms with Crippen LogP contribution in [0.1, 0.15) is 59.6 Å². The summed E-state index contributed by atoms with van der Waals surface area (Å²) in [5, 5.41) is 2.51. The molecular weight excluding hydrogens is 432 g/mol. The number of hydrogen-bond donors (Lipinski definition) is 2. The molecule has 4 heterocycles. The van der Waals surface area contributed by atoms with E-state index in [-0.39, 0.29) is 5.91 Å². The minimum Gasteiger partial charge on any atom is -0.361 e. The van der Waals surface area contributed by atoms with Gasteiger partial charge < -0.3 is 19.8 Å². The number of rotatable bonds is 5. The summed E-state index contributed by atoms with van der Waals surface area (Å²) in [6.07, 6.45) is 8.23. The van der Waals surface area contributed by atoms with Crippen LogP contribution in [0.5, 0.6) is 0 Å². The van der Waals surface area contributed by atoms with E-state index in [0.29, 0.717) is 11.8 Å². The van der Waals surface area contributed by atoms with E-state index >= 15 is 0 Å². The molecule has 0 bridgehead atoms. The number of aromatic nitrogens is 2. The van der Waals surface area contributed by atoms with Gasteiger partial charge in [-0.1, -0.05) is 30.3 Å². The van der Waals surface area contributed by atoms with Crippen molar-refractivity contribution in [3.8, 4) is 0 Å². The summed E-state index contributed by atoms with van der Waals surface area (Å²) < 4.78 is 0. The first-order valence-corrected chi connectivity index (χ1v) is 13.3. The second kappa shape index (κ2) is 9.54. The average molecular weight is 469 g/mol. The molecule has 2 saturated heterocycles. The largest absolute Gasteiger partial charge is 0.361 e. The van der Waals surface area contributed by atoms with Gasteiger partial charge in [-0.3, -0.25) is 4.79 Å². The van der Waals surface area contributed by atoms with E-state index in [1.54, 1.807) is 0 Å². The van der Waals surface area contributed by atoms with Crippen LogP contribution in [0.25, 0.3) is 21.8 Å². The molecule has 5 nitrogen and oxygen atoms in total. The second-order valence-corrected chi connectivity index (χ2v) is 10.7. The standard InChI is InChI=1S/C30H36N4O/c1-21-8-9-24-18-29(32-28(24)17-21)30(35)34-13-4-5-22(20-34)10-14-33-15-11-23(12-16-33)26-19-31-27-7-3-2-6-25(26)27/h2-3,6-9,17-19,22-23,31-32H,4-5,10-16,20H2,1H3. The van der Waals surface area contributed by atoms with Gasteiger partial charge in [-0.05, 0) is 99.8 Å². The number of piperidine rings is 2. The molecule has 2 N–H and O–H groups in total. The molecule has 1 amide bonds. The van der Waals surface area contributed by atoms with Gasteiger partial charge in [0.25, 0.3) is 5.91 Å². The third kappa shape index (κ3) is 4.62. The Morgan fingerprint density at radius 3 is 2.74 bits per heavy atom. The Bertz CT molecular complexity index is 1330. The molecule has 0 saturated carbocycles. The lowest BCUT2D eigenvalue weighted by Gasteiger charge is -2.36. The summed E-state index contributed by atoms with van der Waals surface area (Å²) in [6, 6.07) is 17.0. The zero-order chi connectivity index (χ0) is 23.8.